The molecule has 1 aromatic carbocycles. The van der Waals surface area contributed by atoms with Crippen LogP contribution >= 0.6 is 0 Å². The summed E-state index contributed by atoms with van der Waals surface area (Å²) in [6.07, 6.45) is 0. The molecular weight excluding hydrogens is 250 g/mol. The Bertz CT molecular complexity index is 583. The first-order chi connectivity index (χ1) is 8.90. The molecule has 1 aliphatic rings. The molecule has 1 N–H and O–H groups in total. The summed E-state index contributed by atoms with van der Waals surface area (Å²) in [5, 5.41) is 13.2. The van der Waals surface area contributed by atoms with Crippen LogP contribution in [0.25, 0.3) is 0 Å². The van der Waals surface area contributed by atoms with Crippen molar-refractivity contribution in [2.75, 3.05) is 6.54 Å². The Morgan fingerprint density at radius 2 is 2.05 bits per heavy atom. The van der Waals surface area contributed by atoms with Crippen LogP contribution in [0.15, 0.2) is 12.1 Å². The summed E-state index contributed by atoms with van der Waals surface area (Å²) in [7, 11) is 0. The average molecular weight is 263 g/mol. The van der Waals surface area contributed by atoms with Gasteiger partial charge in [-0.25, -0.2) is 4.79 Å². The number of nitrogens with zero attached hydrogens (tertiary/aromatic N) is 2. The zero-order chi connectivity index (χ0) is 14.2. The van der Waals surface area contributed by atoms with Crippen molar-refractivity contribution in [1.82, 2.24) is 10.2 Å². The fraction of sp³-hybridized carbons (Fsp3) is 0.333. The number of nitrogens with one attached hydrogen (secondary N) is 1. The van der Waals surface area contributed by atoms with Crippen molar-refractivity contribution in [3.8, 4) is 0 Å². The second-order valence-corrected chi connectivity index (χ2v) is 4.47. The van der Waals surface area contributed by atoms with Gasteiger partial charge in [-0.15, -0.1) is 0 Å². The summed E-state index contributed by atoms with van der Waals surface area (Å²) < 4.78 is 0. The van der Waals surface area contributed by atoms with Gasteiger partial charge in [0.15, 0.2) is 0 Å². The number of hydrogen-bond acceptors (Lipinski definition) is 4. The van der Waals surface area contributed by atoms with Crippen molar-refractivity contribution in [2.24, 2.45) is 0 Å². The van der Waals surface area contributed by atoms with Crippen LogP contribution in [0.2, 0.25) is 0 Å². The number of nitro benzene ring substituents is 1. The van der Waals surface area contributed by atoms with Gasteiger partial charge in [0, 0.05) is 6.07 Å². The van der Waals surface area contributed by atoms with E-state index in [2.05, 4.69) is 5.32 Å². The molecule has 0 aromatic heterocycles. The maximum absolute atomic E-state index is 11.5. The maximum atomic E-state index is 11.5. The summed E-state index contributed by atoms with van der Waals surface area (Å²) in [6.45, 7) is 3.61. The second-order valence-electron chi connectivity index (χ2n) is 4.47. The number of hydrogen-bond donors (Lipinski definition) is 1. The molecule has 19 heavy (non-hydrogen) atoms. The van der Waals surface area contributed by atoms with E-state index in [0.29, 0.717) is 5.56 Å². The molecule has 0 unspecified atom stereocenters. The number of rotatable bonds is 3. The first-order valence-corrected chi connectivity index (χ1v) is 5.72. The van der Waals surface area contributed by atoms with Crippen LogP contribution in [-0.2, 0) is 11.3 Å². The van der Waals surface area contributed by atoms with Gasteiger partial charge in [0.2, 0.25) is 5.91 Å². The molecule has 0 spiro atoms. The molecule has 1 saturated heterocycles. The third-order valence-electron chi connectivity index (χ3n) is 3.26. The van der Waals surface area contributed by atoms with Crippen molar-refractivity contribution < 1.29 is 14.5 Å². The highest BCUT2D eigenvalue weighted by Gasteiger charge is 2.29. The number of carbonyl (C=O) groups is 2. The second kappa shape index (κ2) is 4.68. The van der Waals surface area contributed by atoms with Crippen molar-refractivity contribution in [2.45, 2.75) is 20.4 Å². The lowest BCUT2D eigenvalue weighted by Gasteiger charge is -2.16. The maximum Gasteiger partial charge on any atom is 0.324 e. The summed E-state index contributed by atoms with van der Waals surface area (Å²) in [5.41, 5.74) is 2.11. The normalized spacial score (nSPS) is 14.7. The first kappa shape index (κ1) is 13.0. The van der Waals surface area contributed by atoms with E-state index in [-0.39, 0.29) is 18.8 Å². The Balaban J connectivity index is 2.38. The Morgan fingerprint density at radius 3 is 2.58 bits per heavy atom. The first-order valence-electron chi connectivity index (χ1n) is 5.72. The minimum atomic E-state index is -0.514. The molecule has 0 bridgehead atoms. The van der Waals surface area contributed by atoms with Crippen molar-refractivity contribution in [1.29, 1.82) is 0 Å². The van der Waals surface area contributed by atoms with Crippen molar-refractivity contribution >= 4 is 17.6 Å². The summed E-state index contributed by atoms with van der Waals surface area (Å²) in [5.74, 6) is -0.391. The molecule has 1 fully saturated rings. The Labute approximate surface area is 109 Å². The highest BCUT2D eigenvalue weighted by molar-refractivity contribution is 6.01. The Morgan fingerprint density at radius 1 is 1.37 bits per heavy atom. The Hall–Kier alpha value is -2.44. The van der Waals surface area contributed by atoms with Gasteiger partial charge >= 0.3 is 6.03 Å². The number of imide groups is 1. The molecule has 0 aliphatic carbocycles. The van der Waals surface area contributed by atoms with Crippen LogP contribution in [0.3, 0.4) is 0 Å². The number of aryl methyl sites for hydroxylation is 1. The molecule has 100 valence electrons. The third-order valence-corrected chi connectivity index (χ3v) is 3.26. The van der Waals surface area contributed by atoms with E-state index in [4.69, 9.17) is 0 Å². The molecule has 0 saturated carbocycles. The van der Waals surface area contributed by atoms with E-state index in [0.717, 1.165) is 11.1 Å². The zero-order valence-electron chi connectivity index (χ0n) is 10.6. The fourth-order valence-corrected chi connectivity index (χ4v) is 2.03. The van der Waals surface area contributed by atoms with Crippen LogP contribution in [-0.4, -0.2) is 28.3 Å². The number of carbonyl (C=O) groups excluding carboxylic acids is 2. The van der Waals surface area contributed by atoms with Crippen LogP contribution in [0, 0.1) is 24.0 Å². The minimum Gasteiger partial charge on any atom is -0.311 e. The lowest BCUT2D eigenvalue weighted by Crippen LogP contribution is -2.28. The number of urea groups is 1. The predicted molar refractivity (Wildman–Crippen MR) is 66.5 cm³/mol. The molecule has 0 atom stereocenters. The van der Waals surface area contributed by atoms with Gasteiger partial charge in [0.05, 0.1) is 17.0 Å². The van der Waals surface area contributed by atoms with E-state index < -0.39 is 16.9 Å². The van der Waals surface area contributed by atoms with E-state index in [1.165, 1.54) is 11.0 Å². The van der Waals surface area contributed by atoms with E-state index >= 15 is 0 Å². The van der Waals surface area contributed by atoms with E-state index in [9.17, 15) is 19.7 Å². The monoisotopic (exact) mass is 263 g/mol. The Kier molecular flexibility index (Phi) is 3.20. The molecule has 2 rings (SSSR count). The summed E-state index contributed by atoms with van der Waals surface area (Å²) in [4.78, 5) is 34.4. The average Bonchev–Trinajstić information content (AvgIpc) is 2.63. The molecular formula is C12H13N3O4. The van der Waals surface area contributed by atoms with Gasteiger partial charge in [-0.2, -0.15) is 0 Å². The standard InChI is InChI=1S/C12H13N3O4/c1-7-3-4-10(15(18)19)9(8(7)2)5-14-6-11(16)13-12(14)17/h3-4H,5-6H2,1-2H3,(H,13,16,17). The van der Waals surface area contributed by atoms with Crippen LogP contribution in [0.5, 0.6) is 0 Å². The number of amides is 3. The van der Waals surface area contributed by atoms with Crippen molar-refractivity contribution in [3.05, 3.63) is 38.9 Å². The number of nitro groups is 1. The number of benzene rings is 1. The van der Waals surface area contributed by atoms with Crippen LogP contribution < -0.4 is 5.32 Å². The summed E-state index contributed by atoms with van der Waals surface area (Å²) >= 11 is 0. The van der Waals surface area contributed by atoms with Crippen molar-refractivity contribution in [3.63, 3.8) is 0 Å². The smallest absolute Gasteiger partial charge is 0.311 e. The van der Waals surface area contributed by atoms with Crippen LogP contribution in [0.1, 0.15) is 16.7 Å². The van der Waals surface area contributed by atoms with Gasteiger partial charge in [-0.1, -0.05) is 6.07 Å². The minimum absolute atomic E-state index is 0.0322. The molecule has 1 aromatic rings. The molecule has 7 heteroatoms. The van der Waals surface area contributed by atoms with Gasteiger partial charge < -0.3 is 4.90 Å². The topological polar surface area (TPSA) is 92.6 Å². The van der Waals surface area contributed by atoms with Crippen LogP contribution in [0.4, 0.5) is 10.5 Å². The molecule has 3 amide bonds. The fourth-order valence-electron chi connectivity index (χ4n) is 2.03. The zero-order valence-corrected chi connectivity index (χ0v) is 10.6. The molecule has 0 radical (unpaired) electrons. The lowest BCUT2D eigenvalue weighted by atomic mass is 10.0. The van der Waals surface area contributed by atoms with Gasteiger partial charge in [-0.05, 0) is 25.0 Å². The quantitative estimate of drug-likeness (QED) is 0.504. The largest absolute Gasteiger partial charge is 0.324 e. The summed E-state index contributed by atoms with van der Waals surface area (Å²) in [6, 6.07) is 2.58. The molecule has 1 heterocycles. The van der Waals surface area contributed by atoms with E-state index in [1.807, 2.05) is 6.92 Å². The van der Waals surface area contributed by atoms with E-state index in [1.54, 1.807) is 13.0 Å². The third kappa shape index (κ3) is 2.40. The highest BCUT2D eigenvalue weighted by Crippen LogP contribution is 2.26. The SMILES string of the molecule is Cc1ccc([N+](=O)[O-])c(CN2CC(=O)NC2=O)c1C. The van der Waals surface area contributed by atoms with Gasteiger partial charge in [0.1, 0.15) is 6.54 Å². The molecule has 7 nitrogen and oxygen atoms in total. The predicted octanol–water partition coefficient (Wildman–Crippen LogP) is 1.26. The molecule has 1 aliphatic heterocycles. The lowest BCUT2D eigenvalue weighted by molar-refractivity contribution is -0.385. The highest BCUT2D eigenvalue weighted by atomic mass is 16.6. The van der Waals surface area contributed by atoms with Gasteiger partial charge in [0.25, 0.3) is 5.69 Å². The van der Waals surface area contributed by atoms with Gasteiger partial charge in [-0.3, -0.25) is 20.2 Å².